The minimum atomic E-state index is -1.05. The molecule has 2 aromatic carbocycles. The number of esters is 2. The van der Waals surface area contributed by atoms with Crippen LogP contribution in [0.4, 0.5) is 0 Å². The average molecular weight is 625 g/mol. The zero-order valence-electron chi connectivity index (χ0n) is 24.9. The van der Waals surface area contributed by atoms with Crippen molar-refractivity contribution in [3.05, 3.63) is 59.7 Å². The van der Waals surface area contributed by atoms with Crippen LogP contribution in [-0.2, 0) is 28.8 Å². The van der Waals surface area contributed by atoms with Crippen molar-refractivity contribution in [1.82, 2.24) is 0 Å². The predicted octanol–water partition coefficient (Wildman–Crippen LogP) is 0.955. The SMILES string of the molecule is COc1cc(/C=C/C(=O)CC(=O)/C=C/c2ccc(OC(=O)[C@@H](N)CCC(N)=O)c(OC)c2)ccc1OC(=O)[C@@H](N)CCC(N)=O. The summed E-state index contributed by atoms with van der Waals surface area (Å²) in [6, 6.07) is 6.97. The molecule has 14 nitrogen and oxygen atoms in total. The second kappa shape index (κ2) is 17.7. The standard InChI is InChI=1S/C31H36N4O10/c1-42-26-15-18(5-11-24(26)44-30(40)22(32)9-13-28(34)38)3-7-20(36)17-21(37)8-4-19-6-12-25(27(16-19)43-2)45-31(41)23(33)10-14-29(35)39/h3-8,11-12,15-16,22-23H,9-10,13-14,17,32-33H2,1-2H3,(H2,34,38)(H2,35,39)/b7-3+,8-4+/t22-,23-/m0/s1. The van der Waals surface area contributed by atoms with E-state index >= 15 is 0 Å². The van der Waals surface area contributed by atoms with Crippen molar-refractivity contribution in [3.63, 3.8) is 0 Å². The monoisotopic (exact) mass is 624 g/mol. The topological polar surface area (TPSA) is 243 Å². The van der Waals surface area contributed by atoms with E-state index in [1.807, 2.05) is 0 Å². The summed E-state index contributed by atoms with van der Waals surface area (Å²) in [7, 11) is 2.73. The van der Waals surface area contributed by atoms with E-state index < -0.39 is 53.8 Å². The number of primary amides is 2. The molecule has 0 aromatic heterocycles. The maximum atomic E-state index is 12.4. The number of amides is 2. The number of carbonyl (C=O) groups excluding carboxylic acids is 6. The fourth-order valence-corrected chi connectivity index (χ4v) is 3.61. The number of hydrogen-bond donors (Lipinski definition) is 4. The van der Waals surface area contributed by atoms with Crippen molar-refractivity contribution >= 4 is 47.5 Å². The highest BCUT2D eigenvalue weighted by Crippen LogP contribution is 2.30. The lowest BCUT2D eigenvalue weighted by Crippen LogP contribution is -2.35. The fourth-order valence-electron chi connectivity index (χ4n) is 3.61. The number of ketones is 2. The molecule has 0 bridgehead atoms. The first-order valence-electron chi connectivity index (χ1n) is 13.6. The normalized spacial score (nSPS) is 12.4. The summed E-state index contributed by atoms with van der Waals surface area (Å²) in [5.41, 5.74) is 22.7. The van der Waals surface area contributed by atoms with Crippen LogP contribution in [0.25, 0.3) is 12.2 Å². The number of nitrogens with two attached hydrogens (primary N) is 4. The van der Waals surface area contributed by atoms with Gasteiger partial charge in [-0.05, 0) is 60.4 Å². The molecule has 0 fully saturated rings. The number of carbonyl (C=O) groups is 6. The molecule has 0 aliphatic heterocycles. The van der Waals surface area contributed by atoms with E-state index in [9.17, 15) is 28.8 Å². The molecule has 0 saturated heterocycles. The Morgan fingerprint density at radius 1 is 0.644 bits per heavy atom. The van der Waals surface area contributed by atoms with Crippen LogP contribution in [0.15, 0.2) is 48.6 Å². The molecule has 14 heteroatoms. The predicted molar refractivity (Wildman–Crippen MR) is 163 cm³/mol. The van der Waals surface area contributed by atoms with Gasteiger partial charge in [0.05, 0.1) is 20.6 Å². The van der Waals surface area contributed by atoms with Gasteiger partial charge in [-0.15, -0.1) is 0 Å². The summed E-state index contributed by atoms with van der Waals surface area (Å²) in [4.78, 5) is 70.9. The van der Waals surface area contributed by atoms with Gasteiger partial charge in [0.25, 0.3) is 0 Å². The number of rotatable bonds is 18. The van der Waals surface area contributed by atoms with Crippen LogP contribution >= 0.6 is 0 Å². The highest BCUT2D eigenvalue weighted by Gasteiger charge is 2.20. The van der Waals surface area contributed by atoms with Crippen LogP contribution in [0.2, 0.25) is 0 Å². The second-order valence-electron chi connectivity index (χ2n) is 9.66. The number of hydrogen-bond acceptors (Lipinski definition) is 12. The molecule has 8 N–H and O–H groups in total. The van der Waals surface area contributed by atoms with Gasteiger partial charge >= 0.3 is 11.9 Å². The third-order valence-corrected chi connectivity index (χ3v) is 6.08. The van der Waals surface area contributed by atoms with Crippen LogP contribution in [0.5, 0.6) is 23.0 Å². The van der Waals surface area contributed by atoms with Crippen LogP contribution in [0, 0.1) is 0 Å². The Balaban J connectivity index is 1.97. The summed E-state index contributed by atoms with van der Waals surface area (Å²) in [6.45, 7) is 0. The molecule has 2 rings (SSSR count). The minimum absolute atomic E-state index is 0.0301. The fraction of sp³-hybridized carbons (Fsp3) is 0.290. The number of benzene rings is 2. The van der Waals surface area contributed by atoms with Crippen molar-refractivity contribution in [2.75, 3.05) is 14.2 Å². The van der Waals surface area contributed by atoms with E-state index in [2.05, 4.69) is 0 Å². The average Bonchev–Trinajstić information content (AvgIpc) is 3.00. The molecule has 2 amide bonds. The van der Waals surface area contributed by atoms with E-state index in [0.29, 0.717) is 11.1 Å². The molecule has 45 heavy (non-hydrogen) atoms. The van der Waals surface area contributed by atoms with E-state index in [-0.39, 0.29) is 48.7 Å². The van der Waals surface area contributed by atoms with Gasteiger partial charge < -0.3 is 41.9 Å². The zero-order valence-corrected chi connectivity index (χ0v) is 24.9. The summed E-state index contributed by atoms with van der Waals surface area (Å²) in [5.74, 6) is -3.07. The van der Waals surface area contributed by atoms with Crippen LogP contribution < -0.4 is 41.9 Å². The van der Waals surface area contributed by atoms with Crippen molar-refractivity contribution in [1.29, 1.82) is 0 Å². The Hall–Kier alpha value is -5.34. The number of ether oxygens (including phenoxy) is 4. The third-order valence-electron chi connectivity index (χ3n) is 6.08. The maximum Gasteiger partial charge on any atom is 0.328 e. The highest BCUT2D eigenvalue weighted by molar-refractivity contribution is 6.10. The Morgan fingerprint density at radius 2 is 1.02 bits per heavy atom. The van der Waals surface area contributed by atoms with E-state index in [1.54, 1.807) is 12.1 Å². The largest absolute Gasteiger partial charge is 0.493 e. The first-order valence-corrected chi connectivity index (χ1v) is 13.6. The summed E-state index contributed by atoms with van der Waals surface area (Å²) in [5, 5.41) is 0. The maximum absolute atomic E-state index is 12.4. The molecule has 0 radical (unpaired) electrons. The third kappa shape index (κ3) is 12.4. The van der Waals surface area contributed by atoms with Gasteiger partial charge in [0.15, 0.2) is 34.6 Å². The molecule has 2 aromatic rings. The summed E-state index contributed by atoms with van der Waals surface area (Å²) in [6.07, 6.45) is 4.92. The Morgan fingerprint density at radius 3 is 1.36 bits per heavy atom. The summed E-state index contributed by atoms with van der Waals surface area (Å²) >= 11 is 0. The highest BCUT2D eigenvalue weighted by atomic mass is 16.6. The first kappa shape index (κ1) is 35.9. The lowest BCUT2D eigenvalue weighted by Gasteiger charge is -2.13. The molecule has 0 aliphatic carbocycles. The van der Waals surface area contributed by atoms with Gasteiger partial charge in [-0.1, -0.05) is 24.3 Å². The molecule has 240 valence electrons. The van der Waals surface area contributed by atoms with Gasteiger partial charge in [-0.2, -0.15) is 0 Å². The smallest absolute Gasteiger partial charge is 0.328 e. The van der Waals surface area contributed by atoms with E-state index in [0.717, 1.165) is 0 Å². The molecular weight excluding hydrogens is 588 g/mol. The molecule has 0 unspecified atom stereocenters. The minimum Gasteiger partial charge on any atom is -0.493 e. The Bertz CT molecular complexity index is 1380. The first-order chi connectivity index (χ1) is 21.3. The van der Waals surface area contributed by atoms with Crippen molar-refractivity contribution in [2.45, 2.75) is 44.2 Å². The molecular formula is C31H36N4O10. The quantitative estimate of drug-likeness (QED) is 0.0784. The lowest BCUT2D eigenvalue weighted by molar-refractivity contribution is -0.137. The van der Waals surface area contributed by atoms with Crippen molar-refractivity contribution in [3.8, 4) is 23.0 Å². The van der Waals surface area contributed by atoms with Crippen LogP contribution in [0.1, 0.15) is 43.2 Å². The Labute approximate surface area is 259 Å². The van der Waals surface area contributed by atoms with E-state index in [1.165, 1.54) is 62.8 Å². The van der Waals surface area contributed by atoms with E-state index in [4.69, 9.17) is 41.9 Å². The van der Waals surface area contributed by atoms with Crippen molar-refractivity contribution < 1.29 is 47.7 Å². The second-order valence-corrected chi connectivity index (χ2v) is 9.66. The molecule has 2 atom stereocenters. The van der Waals surface area contributed by atoms with Crippen molar-refractivity contribution in [2.24, 2.45) is 22.9 Å². The van der Waals surface area contributed by atoms with Crippen LogP contribution in [0.3, 0.4) is 0 Å². The number of allylic oxidation sites excluding steroid dienone is 2. The molecule has 0 aliphatic rings. The molecule has 0 spiro atoms. The van der Waals surface area contributed by atoms with Gasteiger partial charge in [0, 0.05) is 12.8 Å². The lowest BCUT2D eigenvalue weighted by atomic mass is 10.1. The zero-order chi connectivity index (χ0) is 33.5. The van der Waals surface area contributed by atoms with Crippen LogP contribution in [-0.4, -0.2) is 61.6 Å². The van der Waals surface area contributed by atoms with Gasteiger partial charge in [-0.25, -0.2) is 9.59 Å². The Kier molecular flexibility index (Phi) is 14.1. The summed E-state index contributed by atoms with van der Waals surface area (Å²) < 4.78 is 21.0. The van der Waals surface area contributed by atoms with Gasteiger partial charge in [-0.3, -0.25) is 19.2 Å². The molecule has 0 saturated carbocycles. The van der Waals surface area contributed by atoms with Gasteiger partial charge in [0.1, 0.15) is 12.1 Å². The van der Waals surface area contributed by atoms with Gasteiger partial charge in [0.2, 0.25) is 11.8 Å². The number of methoxy groups -OCH3 is 2. The molecule has 0 heterocycles.